The Kier molecular flexibility index (Phi) is 10.2. The van der Waals surface area contributed by atoms with Crippen molar-refractivity contribution < 1.29 is 19.4 Å². The van der Waals surface area contributed by atoms with Crippen molar-refractivity contribution in [2.45, 2.75) is 12.5 Å². The number of methoxy groups -OCH3 is 1. The van der Waals surface area contributed by atoms with E-state index in [0.717, 1.165) is 11.5 Å². The fourth-order valence-corrected chi connectivity index (χ4v) is 1.69. The van der Waals surface area contributed by atoms with Gasteiger partial charge in [-0.3, -0.25) is 4.79 Å². The van der Waals surface area contributed by atoms with Crippen molar-refractivity contribution in [1.29, 1.82) is 0 Å². The highest BCUT2D eigenvalue weighted by Gasteiger charge is 2.13. The molecular formula is C11H20N2O4S. The minimum Gasteiger partial charge on any atom is -0.481 e. The second-order valence-corrected chi connectivity index (χ2v) is 4.61. The molecule has 0 aliphatic carbocycles. The zero-order chi connectivity index (χ0) is 13.8. The van der Waals surface area contributed by atoms with Crippen molar-refractivity contribution in [3.05, 3.63) is 12.7 Å². The third-order valence-electron chi connectivity index (χ3n) is 1.99. The molecule has 0 bridgehead atoms. The van der Waals surface area contributed by atoms with Gasteiger partial charge in [0.1, 0.15) is 0 Å². The van der Waals surface area contributed by atoms with Gasteiger partial charge in [-0.2, -0.15) is 11.8 Å². The van der Waals surface area contributed by atoms with Crippen molar-refractivity contribution in [2.24, 2.45) is 0 Å². The van der Waals surface area contributed by atoms with Crippen molar-refractivity contribution in [3.8, 4) is 0 Å². The van der Waals surface area contributed by atoms with E-state index >= 15 is 0 Å². The molecule has 0 aliphatic rings. The number of carbonyl (C=O) groups is 2. The van der Waals surface area contributed by atoms with E-state index in [2.05, 4.69) is 17.2 Å². The summed E-state index contributed by atoms with van der Waals surface area (Å²) in [6, 6.07) is -0.318. The van der Waals surface area contributed by atoms with Crippen LogP contribution >= 0.6 is 11.8 Å². The SMILES string of the molecule is C=CCSCCNC(=O)NCC(CC(=O)O)OC. The maximum absolute atomic E-state index is 11.3. The van der Waals surface area contributed by atoms with Gasteiger partial charge in [-0.25, -0.2) is 4.79 Å². The van der Waals surface area contributed by atoms with Gasteiger partial charge in [0.05, 0.1) is 12.5 Å². The van der Waals surface area contributed by atoms with E-state index in [1.165, 1.54) is 7.11 Å². The lowest BCUT2D eigenvalue weighted by Crippen LogP contribution is -2.41. The molecule has 1 unspecified atom stereocenters. The molecule has 104 valence electrons. The number of hydrogen-bond donors (Lipinski definition) is 3. The number of carboxylic acid groups (broad SMARTS) is 1. The number of amides is 2. The first-order valence-corrected chi connectivity index (χ1v) is 6.70. The van der Waals surface area contributed by atoms with Crippen LogP contribution in [0.3, 0.4) is 0 Å². The highest BCUT2D eigenvalue weighted by molar-refractivity contribution is 7.99. The highest BCUT2D eigenvalue weighted by atomic mass is 32.2. The van der Waals surface area contributed by atoms with Crippen LogP contribution in [0.5, 0.6) is 0 Å². The number of rotatable bonds is 10. The Morgan fingerprint density at radius 3 is 2.78 bits per heavy atom. The average Bonchev–Trinajstić information content (AvgIpc) is 2.33. The molecule has 0 aliphatic heterocycles. The van der Waals surface area contributed by atoms with Crippen LogP contribution in [0.2, 0.25) is 0 Å². The maximum Gasteiger partial charge on any atom is 0.314 e. The smallest absolute Gasteiger partial charge is 0.314 e. The van der Waals surface area contributed by atoms with Crippen LogP contribution in [0.4, 0.5) is 4.79 Å². The lowest BCUT2D eigenvalue weighted by Gasteiger charge is -2.14. The summed E-state index contributed by atoms with van der Waals surface area (Å²) in [5, 5.41) is 13.8. The van der Waals surface area contributed by atoms with E-state index < -0.39 is 12.1 Å². The van der Waals surface area contributed by atoms with Crippen molar-refractivity contribution in [2.75, 3.05) is 31.7 Å². The van der Waals surface area contributed by atoms with Gasteiger partial charge >= 0.3 is 12.0 Å². The van der Waals surface area contributed by atoms with E-state index in [4.69, 9.17) is 9.84 Å². The number of nitrogens with one attached hydrogen (secondary N) is 2. The molecule has 2 amide bonds. The van der Waals surface area contributed by atoms with E-state index in [-0.39, 0.29) is 19.0 Å². The lowest BCUT2D eigenvalue weighted by molar-refractivity contribution is -0.139. The number of thioether (sulfide) groups is 1. The van der Waals surface area contributed by atoms with Crippen LogP contribution < -0.4 is 10.6 Å². The summed E-state index contributed by atoms with van der Waals surface area (Å²) < 4.78 is 4.93. The third kappa shape index (κ3) is 9.98. The molecule has 0 aromatic carbocycles. The topological polar surface area (TPSA) is 87.7 Å². The molecule has 0 saturated carbocycles. The summed E-state index contributed by atoms with van der Waals surface area (Å²) in [7, 11) is 1.42. The van der Waals surface area contributed by atoms with Crippen molar-refractivity contribution in [1.82, 2.24) is 10.6 Å². The van der Waals surface area contributed by atoms with Gasteiger partial charge in [-0.05, 0) is 0 Å². The van der Waals surface area contributed by atoms with E-state index in [1.54, 1.807) is 17.8 Å². The predicted octanol–water partition coefficient (Wildman–Crippen LogP) is 0.694. The first kappa shape index (κ1) is 16.8. The number of carbonyl (C=O) groups excluding carboxylic acids is 1. The van der Waals surface area contributed by atoms with Gasteiger partial charge < -0.3 is 20.5 Å². The molecule has 1 atom stereocenters. The molecule has 0 heterocycles. The zero-order valence-corrected chi connectivity index (χ0v) is 11.3. The van der Waals surface area contributed by atoms with Gasteiger partial charge in [-0.1, -0.05) is 6.08 Å². The lowest BCUT2D eigenvalue weighted by atomic mass is 10.2. The Morgan fingerprint density at radius 2 is 2.22 bits per heavy atom. The predicted molar refractivity (Wildman–Crippen MR) is 72.0 cm³/mol. The Labute approximate surface area is 111 Å². The summed E-state index contributed by atoms with van der Waals surface area (Å²) in [5.41, 5.74) is 0. The second-order valence-electron chi connectivity index (χ2n) is 3.46. The van der Waals surface area contributed by atoms with Gasteiger partial charge in [0.2, 0.25) is 0 Å². The molecule has 7 heteroatoms. The summed E-state index contributed by atoms with van der Waals surface area (Å²) in [4.78, 5) is 21.8. The summed E-state index contributed by atoms with van der Waals surface area (Å²) in [6.45, 7) is 4.32. The Bertz CT molecular complexity index is 274. The molecule has 0 rings (SSSR count). The molecule has 0 spiro atoms. The number of aliphatic carboxylic acids is 1. The minimum absolute atomic E-state index is 0.133. The van der Waals surface area contributed by atoms with Crippen LogP contribution in [0.25, 0.3) is 0 Å². The Balaban J connectivity index is 3.61. The summed E-state index contributed by atoms with van der Waals surface area (Å²) in [5.74, 6) is 0.709. The Morgan fingerprint density at radius 1 is 1.50 bits per heavy atom. The molecule has 0 aromatic rings. The van der Waals surface area contributed by atoms with Gasteiger partial charge in [0.15, 0.2) is 0 Å². The zero-order valence-electron chi connectivity index (χ0n) is 10.5. The maximum atomic E-state index is 11.3. The normalized spacial score (nSPS) is 11.6. The van der Waals surface area contributed by atoms with Crippen molar-refractivity contribution in [3.63, 3.8) is 0 Å². The number of ether oxygens (including phenoxy) is 1. The van der Waals surface area contributed by atoms with Crippen LogP contribution in [-0.4, -0.2) is 54.9 Å². The molecule has 3 N–H and O–H groups in total. The first-order valence-electron chi connectivity index (χ1n) is 5.55. The van der Waals surface area contributed by atoms with E-state index in [9.17, 15) is 9.59 Å². The van der Waals surface area contributed by atoms with Gasteiger partial charge in [-0.15, -0.1) is 6.58 Å². The summed E-state index contributed by atoms with van der Waals surface area (Å²) in [6.07, 6.45) is 1.16. The molecule has 0 fully saturated rings. The molecule has 18 heavy (non-hydrogen) atoms. The van der Waals surface area contributed by atoms with Crippen LogP contribution in [-0.2, 0) is 9.53 Å². The fourth-order valence-electron chi connectivity index (χ4n) is 1.11. The number of hydrogen-bond acceptors (Lipinski definition) is 4. The first-order chi connectivity index (χ1) is 8.60. The Hall–Kier alpha value is -1.21. The molecular weight excluding hydrogens is 256 g/mol. The fraction of sp³-hybridized carbons (Fsp3) is 0.636. The number of carboxylic acids is 1. The van der Waals surface area contributed by atoms with Crippen LogP contribution in [0.1, 0.15) is 6.42 Å². The van der Waals surface area contributed by atoms with E-state index in [0.29, 0.717) is 6.54 Å². The molecule has 0 aromatic heterocycles. The van der Waals surface area contributed by atoms with Gasteiger partial charge in [0.25, 0.3) is 0 Å². The molecule has 0 radical (unpaired) electrons. The quantitative estimate of drug-likeness (QED) is 0.404. The van der Waals surface area contributed by atoms with Crippen LogP contribution in [0.15, 0.2) is 12.7 Å². The number of urea groups is 1. The monoisotopic (exact) mass is 276 g/mol. The third-order valence-corrected chi connectivity index (χ3v) is 2.96. The standard InChI is InChI=1S/C11H20N2O4S/c1-3-5-18-6-4-12-11(16)13-8-9(17-2)7-10(14)15/h3,9H,1,4-8H2,2H3,(H,14,15)(H2,12,13,16). The highest BCUT2D eigenvalue weighted by Crippen LogP contribution is 1.97. The average molecular weight is 276 g/mol. The second kappa shape index (κ2) is 10.9. The minimum atomic E-state index is -0.954. The van der Waals surface area contributed by atoms with E-state index in [1.807, 2.05) is 0 Å². The van der Waals surface area contributed by atoms with Crippen LogP contribution in [0, 0.1) is 0 Å². The van der Waals surface area contributed by atoms with Gasteiger partial charge in [0, 0.05) is 31.7 Å². The summed E-state index contributed by atoms with van der Waals surface area (Å²) >= 11 is 1.67. The largest absolute Gasteiger partial charge is 0.481 e. The molecule has 0 saturated heterocycles. The molecule has 6 nitrogen and oxygen atoms in total. The van der Waals surface area contributed by atoms with Crippen molar-refractivity contribution >= 4 is 23.8 Å².